The van der Waals surface area contributed by atoms with Gasteiger partial charge in [-0.15, -0.1) is 0 Å². The van der Waals surface area contributed by atoms with E-state index in [9.17, 15) is 0 Å². The number of hydrogen-bond acceptors (Lipinski definition) is 2. The lowest BCUT2D eigenvalue weighted by Gasteiger charge is -2.27. The van der Waals surface area contributed by atoms with Crippen LogP contribution < -0.4 is 5.32 Å². The van der Waals surface area contributed by atoms with Crippen molar-refractivity contribution in [2.24, 2.45) is 5.92 Å². The van der Waals surface area contributed by atoms with Crippen LogP contribution >= 0.6 is 15.9 Å². The highest BCUT2D eigenvalue weighted by atomic mass is 79.9. The van der Waals surface area contributed by atoms with E-state index in [-0.39, 0.29) is 0 Å². The third-order valence-corrected chi connectivity index (χ3v) is 4.98. The van der Waals surface area contributed by atoms with Crippen molar-refractivity contribution in [2.75, 3.05) is 0 Å². The van der Waals surface area contributed by atoms with Gasteiger partial charge in [-0.3, -0.25) is 4.68 Å². The molecule has 2 atom stereocenters. The Morgan fingerprint density at radius 3 is 2.89 bits per heavy atom. The van der Waals surface area contributed by atoms with Gasteiger partial charge in [0.1, 0.15) is 0 Å². The monoisotopic (exact) mass is 313 g/mol. The molecule has 4 heteroatoms. The summed E-state index contributed by atoms with van der Waals surface area (Å²) in [5.74, 6) is 0.873. The molecule has 18 heavy (non-hydrogen) atoms. The van der Waals surface area contributed by atoms with Crippen molar-refractivity contribution in [1.29, 1.82) is 0 Å². The van der Waals surface area contributed by atoms with Crippen LogP contribution in [-0.2, 0) is 13.1 Å². The van der Waals surface area contributed by atoms with E-state index in [4.69, 9.17) is 0 Å². The van der Waals surface area contributed by atoms with Crippen LogP contribution in [0, 0.1) is 12.8 Å². The number of hydrogen-bond donors (Lipinski definition) is 1. The van der Waals surface area contributed by atoms with Crippen LogP contribution in [0.4, 0.5) is 0 Å². The zero-order valence-corrected chi connectivity index (χ0v) is 13.3. The first kappa shape index (κ1) is 14.1. The van der Waals surface area contributed by atoms with Crippen molar-refractivity contribution in [1.82, 2.24) is 15.1 Å². The van der Waals surface area contributed by atoms with E-state index in [1.807, 2.05) is 0 Å². The third kappa shape index (κ3) is 3.15. The fourth-order valence-electron chi connectivity index (χ4n) is 2.90. The van der Waals surface area contributed by atoms with Crippen LogP contribution in [0.1, 0.15) is 50.9 Å². The van der Waals surface area contributed by atoms with Gasteiger partial charge in [-0.25, -0.2) is 0 Å². The van der Waals surface area contributed by atoms with E-state index in [1.54, 1.807) is 0 Å². The van der Waals surface area contributed by atoms with Gasteiger partial charge in [-0.1, -0.05) is 19.8 Å². The Morgan fingerprint density at radius 2 is 2.22 bits per heavy atom. The first-order valence-corrected chi connectivity index (χ1v) is 7.86. The number of nitrogens with zero attached hydrogens (tertiary/aromatic N) is 2. The molecule has 102 valence electrons. The Morgan fingerprint density at radius 1 is 1.44 bits per heavy atom. The maximum Gasteiger partial charge on any atom is 0.0739 e. The number of rotatable bonds is 4. The number of halogens is 1. The quantitative estimate of drug-likeness (QED) is 0.919. The fraction of sp³-hybridized carbons (Fsp3) is 0.786. The molecule has 1 heterocycles. The minimum absolute atomic E-state index is 0.682. The summed E-state index contributed by atoms with van der Waals surface area (Å²) in [5.41, 5.74) is 2.37. The van der Waals surface area contributed by atoms with Gasteiger partial charge in [0.2, 0.25) is 0 Å². The molecule has 0 bridgehead atoms. The Balaban J connectivity index is 1.97. The van der Waals surface area contributed by atoms with Crippen LogP contribution in [0.25, 0.3) is 0 Å². The predicted molar refractivity (Wildman–Crippen MR) is 78.6 cm³/mol. The summed E-state index contributed by atoms with van der Waals surface area (Å²) in [5, 5.41) is 8.24. The summed E-state index contributed by atoms with van der Waals surface area (Å²) < 4.78 is 3.26. The van der Waals surface area contributed by atoms with E-state index < -0.39 is 0 Å². The zero-order chi connectivity index (χ0) is 13.1. The van der Waals surface area contributed by atoms with Crippen LogP contribution in [0.5, 0.6) is 0 Å². The standard InChI is InChI=1S/C14H24BrN3/c1-4-18-13(14(15)11(3)17-18)9-16-12-7-5-6-10(2)8-12/h10,12,16H,4-9H2,1-3H3. The molecular formula is C14H24BrN3. The van der Waals surface area contributed by atoms with Gasteiger partial charge >= 0.3 is 0 Å². The summed E-state index contributed by atoms with van der Waals surface area (Å²) in [4.78, 5) is 0. The SMILES string of the molecule is CCn1nc(C)c(Br)c1CNC1CCCC(C)C1. The van der Waals surface area contributed by atoms with Crippen molar-refractivity contribution in [3.8, 4) is 0 Å². The highest BCUT2D eigenvalue weighted by molar-refractivity contribution is 9.10. The minimum Gasteiger partial charge on any atom is -0.308 e. The average molecular weight is 314 g/mol. The molecule has 1 saturated carbocycles. The Hall–Kier alpha value is -0.350. The van der Waals surface area contributed by atoms with Gasteiger partial charge in [0.05, 0.1) is 15.9 Å². The van der Waals surface area contributed by atoms with Crippen molar-refractivity contribution < 1.29 is 0 Å². The van der Waals surface area contributed by atoms with Crippen molar-refractivity contribution in [3.63, 3.8) is 0 Å². The minimum atomic E-state index is 0.682. The van der Waals surface area contributed by atoms with Gasteiger partial charge < -0.3 is 5.32 Å². The lowest BCUT2D eigenvalue weighted by Crippen LogP contribution is -2.33. The normalized spacial score (nSPS) is 24.4. The summed E-state index contributed by atoms with van der Waals surface area (Å²) in [6.45, 7) is 8.43. The average Bonchev–Trinajstić information content (AvgIpc) is 2.63. The topological polar surface area (TPSA) is 29.9 Å². The van der Waals surface area contributed by atoms with Crippen LogP contribution in [-0.4, -0.2) is 15.8 Å². The van der Waals surface area contributed by atoms with Gasteiger partial charge in [0, 0.05) is 19.1 Å². The molecule has 0 saturated heterocycles. The van der Waals surface area contributed by atoms with Crippen LogP contribution in [0.15, 0.2) is 4.47 Å². The highest BCUT2D eigenvalue weighted by Crippen LogP contribution is 2.25. The Labute approximate surface area is 118 Å². The molecule has 0 radical (unpaired) electrons. The van der Waals surface area contributed by atoms with Crippen molar-refractivity contribution in [3.05, 3.63) is 15.9 Å². The molecule has 1 aromatic rings. The van der Waals surface area contributed by atoms with E-state index in [2.05, 4.69) is 51.8 Å². The third-order valence-electron chi connectivity index (χ3n) is 3.95. The Bertz CT molecular complexity index is 400. The maximum absolute atomic E-state index is 4.54. The van der Waals surface area contributed by atoms with Crippen molar-refractivity contribution >= 4 is 15.9 Å². The molecule has 2 rings (SSSR count). The smallest absolute Gasteiger partial charge is 0.0739 e. The molecule has 3 nitrogen and oxygen atoms in total. The Kier molecular flexibility index (Phi) is 4.84. The van der Waals surface area contributed by atoms with Crippen LogP contribution in [0.2, 0.25) is 0 Å². The number of aromatic nitrogens is 2. The van der Waals surface area contributed by atoms with Gasteiger partial charge in [0.25, 0.3) is 0 Å². The molecule has 0 aliphatic heterocycles. The number of aryl methyl sites for hydroxylation is 2. The second-order valence-electron chi connectivity index (χ2n) is 5.51. The van der Waals surface area contributed by atoms with Gasteiger partial charge in [-0.05, 0) is 48.5 Å². The second kappa shape index (κ2) is 6.20. The molecule has 1 aliphatic rings. The molecule has 2 unspecified atom stereocenters. The van der Waals surface area contributed by atoms with Crippen LogP contribution in [0.3, 0.4) is 0 Å². The van der Waals surface area contributed by atoms with Crippen molar-refractivity contribution in [2.45, 2.75) is 65.6 Å². The molecule has 0 spiro atoms. The first-order valence-electron chi connectivity index (χ1n) is 7.07. The summed E-state index contributed by atoms with van der Waals surface area (Å²) in [7, 11) is 0. The molecular weight excluding hydrogens is 290 g/mol. The lowest BCUT2D eigenvalue weighted by molar-refractivity contribution is 0.298. The molecule has 0 aromatic carbocycles. The van der Waals surface area contributed by atoms with Gasteiger partial charge in [0.15, 0.2) is 0 Å². The van der Waals surface area contributed by atoms with E-state index in [0.717, 1.165) is 24.7 Å². The largest absolute Gasteiger partial charge is 0.308 e. The number of nitrogens with one attached hydrogen (secondary N) is 1. The highest BCUT2D eigenvalue weighted by Gasteiger charge is 2.19. The molecule has 1 aliphatic carbocycles. The maximum atomic E-state index is 4.54. The van der Waals surface area contributed by atoms with Gasteiger partial charge in [-0.2, -0.15) is 5.10 Å². The fourth-order valence-corrected chi connectivity index (χ4v) is 3.32. The molecule has 1 aromatic heterocycles. The molecule has 1 fully saturated rings. The predicted octanol–water partition coefficient (Wildman–Crippen LogP) is 3.64. The summed E-state index contributed by atoms with van der Waals surface area (Å²) in [6, 6.07) is 0.682. The molecule has 1 N–H and O–H groups in total. The van der Waals surface area contributed by atoms with E-state index >= 15 is 0 Å². The second-order valence-corrected chi connectivity index (χ2v) is 6.30. The molecule has 0 amide bonds. The lowest BCUT2D eigenvalue weighted by atomic mass is 9.87. The summed E-state index contributed by atoms with van der Waals surface area (Å²) in [6.07, 6.45) is 5.40. The zero-order valence-electron chi connectivity index (χ0n) is 11.7. The first-order chi connectivity index (χ1) is 8.61. The van der Waals surface area contributed by atoms with E-state index in [1.165, 1.54) is 35.8 Å². The van der Waals surface area contributed by atoms with E-state index in [0.29, 0.717) is 6.04 Å². The summed E-state index contributed by atoms with van der Waals surface area (Å²) >= 11 is 3.66.